The van der Waals surface area contributed by atoms with Gasteiger partial charge in [-0.05, 0) is 60.7 Å². The lowest BCUT2D eigenvalue weighted by atomic mass is 9.96. The van der Waals surface area contributed by atoms with Gasteiger partial charge in [-0.3, -0.25) is 9.59 Å². The Morgan fingerprint density at radius 3 is 2.18 bits per heavy atom. The maximum Gasteiger partial charge on any atom is 0.490 e. The number of ketones is 1. The fraction of sp³-hybridized carbons (Fsp3) is 0.400. The Labute approximate surface area is 195 Å². The highest BCUT2D eigenvalue weighted by molar-refractivity contribution is 5.98. The first-order valence-electron chi connectivity index (χ1n) is 11.2. The number of amides is 1. The SMILES string of the molecule is O=C(CCC(=O)N1CCc2ccccc2C1)c1ccc2c(c1)CCNCC2.O=C(O)C(F)(F)F. The Balaban J connectivity index is 0.000000406. The van der Waals surface area contributed by atoms with Gasteiger partial charge in [0.15, 0.2) is 5.78 Å². The molecule has 0 spiro atoms. The number of rotatable bonds is 4. The molecule has 0 saturated heterocycles. The van der Waals surface area contributed by atoms with E-state index in [0.717, 1.165) is 44.5 Å². The molecule has 6 nitrogen and oxygen atoms in total. The summed E-state index contributed by atoms with van der Waals surface area (Å²) in [7, 11) is 0. The molecule has 2 aromatic carbocycles. The minimum atomic E-state index is -5.08. The zero-order valence-electron chi connectivity index (χ0n) is 18.7. The Morgan fingerprint density at radius 2 is 1.50 bits per heavy atom. The topological polar surface area (TPSA) is 86.7 Å². The van der Waals surface area contributed by atoms with Crippen molar-refractivity contribution in [2.24, 2.45) is 0 Å². The number of alkyl halides is 3. The second kappa shape index (κ2) is 11.3. The lowest BCUT2D eigenvalue weighted by molar-refractivity contribution is -0.192. The lowest BCUT2D eigenvalue weighted by Crippen LogP contribution is -2.36. The minimum absolute atomic E-state index is 0.0702. The predicted octanol–water partition coefficient (Wildman–Crippen LogP) is 3.56. The van der Waals surface area contributed by atoms with Crippen LogP contribution in [0.15, 0.2) is 42.5 Å². The second-order valence-electron chi connectivity index (χ2n) is 8.29. The third-order valence-electron chi connectivity index (χ3n) is 5.96. The number of benzene rings is 2. The molecule has 0 aromatic heterocycles. The van der Waals surface area contributed by atoms with E-state index in [0.29, 0.717) is 13.0 Å². The number of aliphatic carboxylic acids is 1. The number of fused-ring (bicyclic) bond motifs is 2. The number of carbonyl (C=O) groups is 3. The van der Waals surface area contributed by atoms with Gasteiger partial charge in [0.2, 0.25) is 5.91 Å². The summed E-state index contributed by atoms with van der Waals surface area (Å²) in [6.45, 7) is 3.36. The number of hydrogen-bond donors (Lipinski definition) is 2. The van der Waals surface area contributed by atoms with Crippen molar-refractivity contribution in [2.75, 3.05) is 19.6 Å². The maximum absolute atomic E-state index is 12.6. The fourth-order valence-electron chi connectivity index (χ4n) is 4.08. The average Bonchev–Trinajstić information content (AvgIpc) is 3.06. The zero-order chi connectivity index (χ0) is 24.7. The molecule has 0 fully saturated rings. The summed E-state index contributed by atoms with van der Waals surface area (Å²) in [4.78, 5) is 36.0. The van der Waals surface area contributed by atoms with Gasteiger partial charge in [-0.2, -0.15) is 13.2 Å². The van der Waals surface area contributed by atoms with Gasteiger partial charge >= 0.3 is 12.1 Å². The van der Waals surface area contributed by atoms with Crippen LogP contribution in [0.2, 0.25) is 0 Å². The Morgan fingerprint density at radius 1 is 0.882 bits per heavy atom. The van der Waals surface area contributed by atoms with Gasteiger partial charge < -0.3 is 15.3 Å². The van der Waals surface area contributed by atoms with E-state index in [2.05, 4.69) is 23.5 Å². The molecule has 4 rings (SSSR count). The van der Waals surface area contributed by atoms with E-state index < -0.39 is 12.1 Å². The molecule has 2 heterocycles. The Bertz CT molecular complexity index is 1050. The van der Waals surface area contributed by atoms with Crippen LogP contribution < -0.4 is 5.32 Å². The molecule has 2 N–H and O–H groups in total. The number of halogens is 3. The van der Waals surface area contributed by atoms with Gasteiger partial charge in [-0.1, -0.05) is 36.4 Å². The first-order chi connectivity index (χ1) is 16.1. The molecule has 0 radical (unpaired) electrons. The van der Waals surface area contributed by atoms with Gasteiger partial charge in [-0.15, -0.1) is 0 Å². The molecule has 182 valence electrons. The third-order valence-corrected chi connectivity index (χ3v) is 5.96. The summed E-state index contributed by atoms with van der Waals surface area (Å²) in [6.07, 6.45) is -1.64. The van der Waals surface area contributed by atoms with Gasteiger partial charge in [0.1, 0.15) is 0 Å². The van der Waals surface area contributed by atoms with Crippen LogP contribution in [0.1, 0.15) is 45.5 Å². The van der Waals surface area contributed by atoms with E-state index in [-0.39, 0.29) is 18.1 Å². The molecule has 2 aromatic rings. The summed E-state index contributed by atoms with van der Waals surface area (Å²) in [5, 5.41) is 10.5. The van der Waals surface area contributed by atoms with Crippen LogP contribution in [-0.2, 0) is 35.4 Å². The van der Waals surface area contributed by atoms with Crippen molar-refractivity contribution in [1.29, 1.82) is 0 Å². The Kier molecular flexibility index (Phi) is 8.44. The smallest absolute Gasteiger partial charge is 0.475 e. The van der Waals surface area contributed by atoms with Crippen molar-refractivity contribution in [2.45, 2.75) is 44.8 Å². The molecule has 9 heteroatoms. The number of carboxylic acids is 1. The van der Waals surface area contributed by atoms with E-state index in [1.54, 1.807) is 0 Å². The molecular weight excluding hydrogens is 449 g/mol. The van der Waals surface area contributed by atoms with Crippen LogP contribution in [0, 0.1) is 0 Å². The predicted molar refractivity (Wildman–Crippen MR) is 120 cm³/mol. The molecule has 0 atom stereocenters. The number of carbonyl (C=O) groups excluding carboxylic acids is 2. The summed E-state index contributed by atoms with van der Waals surface area (Å²) >= 11 is 0. The molecule has 0 bridgehead atoms. The minimum Gasteiger partial charge on any atom is -0.475 e. The van der Waals surface area contributed by atoms with Crippen molar-refractivity contribution in [3.8, 4) is 0 Å². The standard InChI is InChI=1S/C23H26N2O2.C2HF3O2/c26-22(20-6-5-18-9-12-24-13-10-19(18)15-20)7-8-23(27)25-14-11-17-3-1-2-4-21(17)16-25;3-2(4,5)1(6)7/h1-6,15,24H,7-14,16H2;(H,6,7). The zero-order valence-corrected chi connectivity index (χ0v) is 18.7. The first-order valence-corrected chi connectivity index (χ1v) is 11.2. The molecule has 1 amide bonds. The van der Waals surface area contributed by atoms with Crippen LogP contribution in [0.4, 0.5) is 13.2 Å². The maximum atomic E-state index is 12.6. The highest BCUT2D eigenvalue weighted by Crippen LogP contribution is 2.21. The number of nitrogens with zero attached hydrogens (tertiary/aromatic N) is 1. The van der Waals surface area contributed by atoms with Crippen LogP contribution >= 0.6 is 0 Å². The van der Waals surface area contributed by atoms with E-state index in [9.17, 15) is 22.8 Å². The third kappa shape index (κ3) is 6.90. The monoisotopic (exact) mass is 476 g/mol. The number of carboxylic acid groups (broad SMARTS) is 1. The molecular formula is C25H27F3N2O4. The molecule has 0 saturated carbocycles. The van der Waals surface area contributed by atoms with Crippen molar-refractivity contribution in [3.05, 3.63) is 70.3 Å². The van der Waals surface area contributed by atoms with E-state index >= 15 is 0 Å². The largest absolute Gasteiger partial charge is 0.490 e. The van der Waals surface area contributed by atoms with Crippen molar-refractivity contribution in [1.82, 2.24) is 10.2 Å². The van der Waals surface area contributed by atoms with Crippen LogP contribution in [0.3, 0.4) is 0 Å². The molecule has 0 aliphatic carbocycles. The van der Waals surface area contributed by atoms with Crippen LogP contribution in [0.5, 0.6) is 0 Å². The summed E-state index contributed by atoms with van der Waals surface area (Å²) < 4.78 is 31.7. The van der Waals surface area contributed by atoms with Crippen LogP contribution in [0.25, 0.3) is 0 Å². The van der Waals surface area contributed by atoms with E-state index in [1.165, 1.54) is 22.3 Å². The summed E-state index contributed by atoms with van der Waals surface area (Å²) in [5.41, 5.74) is 5.90. The number of nitrogens with one attached hydrogen (secondary N) is 1. The van der Waals surface area contributed by atoms with Gasteiger partial charge in [0.05, 0.1) is 0 Å². The van der Waals surface area contributed by atoms with Gasteiger partial charge in [0, 0.05) is 31.5 Å². The summed E-state index contributed by atoms with van der Waals surface area (Å²) in [6, 6.07) is 14.3. The van der Waals surface area contributed by atoms with E-state index in [1.807, 2.05) is 29.2 Å². The highest BCUT2D eigenvalue weighted by Gasteiger charge is 2.38. The van der Waals surface area contributed by atoms with Gasteiger partial charge in [0.25, 0.3) is 0 Å². The van der Waals surface area contributed by atoms with Crippen molar-refractivity contribution < 1.29 is 32.7 Å². The fourth-order valence-corrected chi connectivity index (χ4v) is 4.08. The molecule has 2 aliphatic heterocycles. The number of hydrogen-bond acceptors (Lipinski definition) is 4. The Hall–Kier alpha value is -3.20. The van der Waals surface area contributed by atoms with E-state index in [4.69, 9.17) is 9.90 Å². The van der Waals surface area contributed by atoms with Gasteiger partial charge in [-0.25, -0.2) is 4.79 Å². The molecule has 34 heavy (non-hydrogen) atoms. The average molecular weight is 476 g/mol. The normalized spacial score (nSPS) is 15.2. The van der Waals surface area contributed by atoms with Crippen LogP contribution in [-0.4, -0.2) is 53.5 Å². The summed E-state index contributed by atoms with van der Waals surface area (Å²) in [5.74, 6) is -2.61. The second-order valence-corrected chi connectivity index (χ2v) is 8.29. The first kappa shape index (κ1) is 25.4. The molecule has 2 aliphatic rings. The quantitative estimate of drug-likeness (QED) is 0.659. The molecule has 0 unspecified atom stereocenters. The van der Waals surface area contributed by atoms with Crippen molar-refractivity contribution in [3.63, 3.8) is 0 Å². The highest BCUT2D eigenvalue weighted by atomic mass is 19.4. The lowest BCUT2D eigenvalue weighted by Gasteiger charge is -2.28. The number of Topliss-reactive ketones (excluding diaryl/α,β-unsaturated/α-hetero) is 1. The van der Waals surface area contributed by atoms with Crippen molar-refractivity contribution >= 4 is 17.7 Å².